The number of hydrogen-bond donors (Lipinski definition) is 1. The van der Waals surface area contributed by atoms with Crippen LogP contribution in [0.3, 0.4) is 0 Å². The van der Waals surface area contributed by atoms with Crippen LogP contribution in [0.25, 0.3) is 0 Å². The number of methoxy groups -OCH3 is 1. The number of fused-ring (bicyclic) bond motifs is 1. The van der Waals surface area contributed by atoms with E-state index in [1.165, 1.54) is 0 Å². The second-order valence-electron chi connectivity index (χ2n) is 3.48. The minimum atomic E-state index is -0.740. The number of carbonyl (C=O) groups is 1. The van der Waals surface area contributed by atoms with Crippen LogP contribution in [0.2, 0.25) is 0 Å². The SMILES string of the molecule is COc1cccc2c1SCC2CC(=O)O. The van der Waals surface area contributed by atoms with Gasteiger partial charge in [0.25, 0.3) is 0 Å². The summed E-state index contributed by atoms with van der Waals surface area (Å²) in [4.78, 5) is 11.8. The van der Waals surface area contributed by atoms with Gasteiger partial charge in [-0.1, -0.05) is 12.1 Å². The molecule has 1 aliphatic heterocycles. The summed E-state index contributed by atoms with van der Waals surface area (Å²) in [5, 5.41) is 8.79. The van der Waals surface area contributed by atoms with Crippen LogP contribution in [0.5, 0.6) is 5.75 Å². The average Bonchev–Trinajstić information content (AvgIpc) is 2.61. The van der Waals surface area contributed by atoms with E-state index < -0.39 is 5.97 Å². The number of rotatable bonds is 3. The highest BCUT2D eigenvalue weighted by molar-refractivity contribution is 7.99. The van der Waals surface area contributed by atoms with Crippen LogP contribution in [-0.4, -0.2) is 23.9 Å². The molecule has 4 heteroatoms. The quantitative estimate of drug-likeness (QED) is 0.856. The van der Waals surface area contributed by atoms with E-state index in [0.717, 1.165) is 22.0 Å². The highest BCUT2D eigenvalue weighted by Crippen LogP contribution is 2.45. The van der Waals surface area contributed by atoms with E-state index in [1.54, 1.807) is 18.9 Å². The van der Waals surface area contributed by atoms with Gasteiger partial charge < -0.3 is 9.84 Å². The number of carboxylic acid groups (broad SMARTS) is 1. The molecule has 0 saturated carbocycles. The summed E-state index contributed by atoms with van der Waals surface area (Å²) < 4.78 is 5.24. The Labute approximate surface area is 92.4 Å². The van der Waals surface area contributed by atoms with Crippen molar-refractivity contribution in [2.45, 2.75) is 17.2 Å². The fourth-order valence-electron chi connectivity index (χ4n) is 1.82. The Kier molecular flexibility index (Phi) is 2.86. The van der Waals surface area contributed by atoms with E-state index >= 15 is 0 Å². The van der Waals surface area contributed by atoms with Gasteiger partial charge in [-0.3, -0.25) is 4.79 Å². The first kappa shape index (κ1) is 10.4. The first-order valence-corrected chi connectivity index (χ1v) is 5.72. The number of benzene rings is 1. The lowest BCUT2D eigenvalue weighted by atomic mass is 9.98. The summed E-state index contributed by atoms with van der Waals surface area (Å²) in [5.41, 5.74) is 1.11. The van der Waals surface area contributed by atoms with Crippen LogP contribution >= 0.6 is 11.8 Å². The maximum atomic E-state index is 10.7. The fraction of sp³-hybridized carbons (Fsp3) is 0.364. The smallest absolute Gasteiger partial charge is 0.303 e. The van der Waals surface area contributed by atoms with Crippen molar-refractivity contribution in [2.75, 3.05) is 12.9 Å². The molecule has 1 aliphatic rings. The minimum Gasteiger partial charge on any atom is -0.496 e. The van der Waals surface area contributed by atoms with Gasteiger partial charge in [0.2, 0.25) is 0 Å². The lowest BCUT2D eigenvalue weighted by Gasteiger charge is -2.08. The molecule has 15 heavy (non-hydrogen) atoms. The second kappa shape index (κ2) is 4.14. The molecule has 1 unspecified atom stereocenters. The number of aliphatic carboxylic acids is 1. The fourth-order valence-corrected chi connectivity index (χ4v) is 3.18. The van der Waals surface area contributed by atoms with E-state index in [1.807, 2.05) is 18.2 Å². The van der Waals surface area contributed by atoms with Crippen molar-refractivity contribution in [3.8, 4) is 5.75 Å². The van der Waals surface area contributed by atoms with Gasteiger partial charge in [-0.2, -0.15) is 0 Å². The molecule has 1 aromatic rings. The molecule has 1 heterocycles. The molecular weight excluding hydrogens is 212 g/mol. The number of hydrogen-bond acceptors (Lipinski definition) is 3. The molecule has 0 bridgehead atoms. The molecule has 3 nitrogen and oxygen atoms in total. The van der Waals surface area contributed by atoms with E-state index in [4.69, 9.17) is 9.84 Å². The van der Waals surface area contributed by atoms with Crippen LogP contribution in [0, 0.1) is 0 Å². The van der Waals surface area contributed by atoms with E-state index in [9.17, 15) is 4.79 Å². The number of thioether (sulfide) groups is 1. The van der Waals surface area contributed by atoms with Gasteiger partial charge in [-0.25, -0.2) is 0 Å². The van der Waals surface area contributed by atoms with Crippen LogP contribution < -0.4 is 4.74 Å². The van der Waals surface area contributed by atoms with Gasteiger partial charge in [0, 0.05) is 11.7 Å². The molecule has 0 radical (unpaired) electrons. The topological polar surface area (TPSA) is 46.5 Å². The van der Waals surface area contributed by atoms with Crippen LogP contribution in [-0.2, 0) is 4.79 Å². The lowest BCUT2D eigenvalue weighted by molar-refractivity contribution is -0.137. The Balaban J connectivity index is 2.31. The summed E-state index contributed by atoms with van der Waals surface area (Å²) in [6.45, 7) is 0. The molecule has 0 aliphatic carbocycles. The largest absolute Gasteiger partial charge is 0.496 e. The van der Waals surface area contributed by atoms with Crippen LogP contribution in [0.15, 0.2) is 23.1 Å². The molecule has 0 amide bonds. The van der Waals surface area contributed by atoms with Gasteiger partial charge in [0.1, 0.15) is 5.75 Å². The molecule has 0 fully saturated rings. The standard InChI is InChI=1S/C11H12O3S/c1-14-9-4-2-3-8-7(5-10(12)13)6-15-11(8)9/h2-4,7H,5-6H2,1H3,(H,12,13). The van der Waals surface area contributed by atoms with E-state index in [0.29, 0.717) is 0 Å². The summed E-state index contributed by atoms with van der Waals surface area (Å²) in [6.07, 6.45) is 0.202. The zero-order chi connectivity index (χ0) is 10.8. The molecule has 80 valence electrons. The molecule has 1 aromatic carbocycles. The average molecular weight is 224 g/mol. The predicted octanol–water partition coefficient (Wildman–Crippen LogP) is 2.36. The summed E-state index contributed by atoms with van der Waals surface area (Å²) >= 11 is 1.68. The normalized spacial score (nSPS) is 18.6. The maximum absolute atomic E-state index is 10.7. The molecule has 0 aromatic heterocycles. The van der Waals surface area contributed by atoms with Crippen molar-refractivity contribution in [2.24, 2.45) is 0 Å². The Morgan fingerprint density at radius 3 is 3.13 bits per heavy atom. The molecular formula is C11H12O3S. The monoisotopic (exact) mass is 224 g/mol. The zero-order valence-electron chi connectivity index (χ0n) is 8.40. The molecule has 1 atom stereocenters. The molecule has 1 N–H and O–H groups in total. The van der Waals surface area contributed by atoms with E-state index in [-0.39, 0.29) is 12.3 Å². The molecule has 0 spiro atoms. The predicted molar refractivity (Wildman–Crippen MR) is 58.7 cm³/mol. The van der Waals surface area contributed by atoms with Gasteiger partial charge >= 0.3 is 5.97 Å². The Morgan fingerprint density at radius 1 is 1.67 bits per heavy atom. The van der Waals surface area contributed by atoms with Crippen LogP contribution in [0.1, 0.15) is 17.9 Å². The van der Waals surface area contributed by atoms with Gasteiger partial charge in [-0.05, 0) is 11.6 Å². The van der Waals surface area contributed by atoms with Crippen molar-refractivity contribution < 1.29 is 14.6 Å². The van der Waals surface area contributed by atoms with Crippen molar-refractivity contribution >= 4 is 17.7 Å². The Morgan fingerprint density at radius 2 is 2.47 bits per heavy atom. The number of ether oxygens (including phenoxy) is 1. The first-order chi connectivity index (χ1) is 7.22. The summed E-state index contributed by atoms with van der Waals surface area (Å²) in [5.74, 6) is 1.07. The lowest BCUT2D eigenvalue weighted by Crippen LogP contribution is -2.05. The Bertz CT molecular complexity index is 389. The molecule has 0 saturated heterocycles. The van der Waals surface area contributed by atoms with Crippen molar-refractivity contribution in [1.29, 1.82) is 0 Å². The summed E-state index contributed by atoms with van der Waals surface area (Å²) in [6, 6.07) is 5.82. The van der Waals surface area contributed by atoms with Crippen molar-refractivity contribution in [3.05, 3.63) is 23.8 Å². The first-order valence-electron chi connectivity index (χ1n) is 4.74. The third-order valence-electron chi connectivity index (χ3n) is 2.52. The third kappa shape index (κ3) is 1.95. The highest BCUT2D eigenvalue weighted by Gasteiger charge is 2.27. The third-order valence-corrected chi connectivity index (χ3v) is 3.81. The maximum Gasteiger partial charge on any atom is 0.303 e. The minimum absolute atomic E-state index is 0.123. The number of carboxylic acids is 1. The Hall–Kier alpha value is -1.16. The zero-order valence-corrected chi connectivity index (χ0v) is 9.21. The van der Waals surface area contributed by atoms with E-state index in [2.05, 4.69) is 0 Å². The second-order valence-corrected chi connectivity index (χ2v) is 4.51. The van der Waals surface area contributed by atoms with Gasteiger partial charge in [0.05, 0.1) is 18.4 Å². The van der Waals surface area contributed by atoms with Crippen molar-refractivity contribution in [3.63, 3.8) is 0 Å². The van der Waals surface area contributed by atoms with Crippen molar-refractivity contribution in [1.82, 2.24) is 0 Å². The van der Waals surface area contributed by atoms with Crippen LogP contribution in [0.4, 0.5) is 0 Å². The van der Waals surface area contributed by atoms with Gasteiger partial charge in [-0.15, -0.1) is 11.8 Å². The summed E-state index contributed by atoms with van der Waals surface area (Å²) in [7, 11) is 1.64. The highest BCUT2D eigenvalue weighted by atomic mass is 32.2. The van der Waals surface area contributed by atoms with Gasteiger partial charge in [0.15, 0.2) is 0 Å². The molecule has 2 rings (SSSR count).